The zero-order valence-corrected chi connectivity index (χ0v) is 25.9. The minimum absolute atomic E-state index is 0.0639. The van der Waals surface area contributed by atoms with E-state index in [4.69, 9.17) is 0 Å². The Bertz CT molecular complexity index is 2000. The third kappa shape index (κ3) is 3.70. The van der Waals surface area contributed by atoms with Crippen LogP contribution in [-0.2, 0) is 10.8 Å². The molecule has 1 heteroatoms. The van der Waals surface area contributed by atoms with Crippen LogP contribution in [-0.4, -0.2) is 0 Å². The van der Waals surface area contributed by atoms with Crippen LogP contribution in [0.25, 0.3) is 33.0 Å². The molecule has 0 bridgehead atoms. The molecular formula is C42H37N. The van der Waals surface area contributed by atoms with Gasteiger partial charge in [-0.2, -0.15) is 0 Å². The summed E-state index contributed by atoms with van der Waals surface area (Å²) in [4.78, 5) is 2.48. The first-order valence-corrected chi connectivity index (χ1v) is 15.4. The molecule has 0 saturated carbocycles. The van der Waals surface area contributed by atoms with Crippen molar-refractivity contribution < 1.29 is 0 Å². The Morgan fingerprint density at radius 3 is 1.51 bits per heavy atom. The van der Waals surface area contributed by atoms with Gasteiger partial charge in [0.15, 0.2) is 0 Å². The SMILES string of the molecule is Cc1ccc2c(C)cc(N(c3ccc4c(c3)C(C)(C)c3ccccc3-4)c3ccc4c(c3)C(C)(C)c3ccccc3-4)cc2c1. The van der Waals surface area contributed by atoms with E-state index in [1.807, 2.05) is 0 Å². The average Bonchev–Trinajstić information content (AvgIpc) is 3.37. The Kier molecular flexibility index (Phi) is 5.42. The third-order valence-electron chi connectivity index (χ3n) is 10.2. The molecular weight excluding hydrogens is 518 g/mol. The first kappa shape index (κ1) is 26.0. The molecule has 43 heavy (non-hydrogen) atoms. The second kappa shape index (κ2) is 8.94. The van der Waals surface area contributed by atoms with Crippen LogP contribution in [0.5, 0.6) is 0 Å². The Hall–Kier alpha value is -4.62. The molecule has 0 radical (unpaired) electrons. The predicted molar refractivity (Wildman–Crippen MR) is 183 cm³/mol. The van der Waals surface area contributed by atoms with Gasteiger partial charge in [-0.05, 0) is 111 Å². The van der Waals surface area contributed by atoms with E-state index in [2.05, 4.69) is 162 Å². The Labute approximate surface area is 255 Å². The lowest BCUT2D eigenvalue weighted by Gasteiger charge is -2.30. The van der Waals surface area contributed by atoms with Crippen LogP contribution in [0.2, 0.25) is 0 Å². The topological polar surface area (TPSA) is 3.24 Å². The monoisotopic (exact) mass is 555 g/mol. The number of fused-ring (bicyclic) bond motifs is 7. The molecule has 0 spiro atoms. The lowest BCUT2D eigenvalue weighted by molar-refractivity contribution is 0.660. The maximum Gasteiger partial charge on any atom is 0.0470 e. The van der Waals surface area contributed by atoms with Gasteiger partial charge in [0.25, 0.3) is 0 Å². The van der Waals surface area contributed by atoms with Crippen LogP contribution >= 0.6 is 0 Å². The molecule has 1 nitrogen and oxygen atoms in total. The van der Waals surface area contributed by atoms with E-state index >= 15 is 0 Å². The number of hydrogen-bond acceptors (Lipinski definition) is 1. The molecule has 2 aliphatic rings. The average molecular weight is 556 g/mol. The molecule has 6 aromatic rings. The van der Waals surface area contributed by atoms with Crippen molar-refractivity contribution in [1.29, 1.82) is 0 Å². The maximum absolute atomic E-state index is 2.48. The normalized spacial score (nSPS) is 15.1. The summed E-state index contributed by atoms with van der Waals surface area (Å²) in [6.45, 7) is 13.9. The molecule has 210 valence electrons. The summed E-state index contributed by atoms with van der Waals surface area (Å²) in [7, 11) is 0. The molecule has 0 heterocycles. The summed E-state index contributed by atoms with van der Waals surface area (Å²) >= 11 is 0. The standard InChI is InChI=1S/C42H37N/c1-26-15-18-32-27(2)22-31(23-28(32)21-26)43(29-16-19-35-33-11-7-9-13-37(33)41(3,4)39(35)24-29)30-17-20-36-34-12-8-10-14-38(34)42(5,6)40(36)25-30/h7-25H,1-6H3. The summed E-state index contributed by atoms with van der Waals surface area (Å²) in [5.74, 6) is 0. The second-order valence-corrected chi connectivity index (χ2v) is 13.6. The molecule has 6 aromatic carbocycles. The summed E-state index contributed by atoms with van der Waals surface area (Å²) in [6, 6.07) is 43.5. The van der Waals surface area contributed by atoms with Gasteiger partial charge in [-0.15, -0.1) is 0 Å². The van der Waals surface area contributed by atoms with Crippen molar-refractivity contribution in [2.24, 2.45) is 0 Å². The van der Waals surface area contributed by atoms with Gasteiger partial charge >= 0.3 is 0 Å². The van der Waals surface area contributed by atoms with Crippen molar-refractivity contribution in [2.75, 3.05) is 4.90 Å². The van der Waals surface area contributed by atoms with Crippen LogP contribution < -0.4 is 4.90 Å². The molecule has 0 N–H and O–H groups in total. The number of hydrogen-bond donors (Lipinski definition) is 0. The van der Waals surface area contributed by atoms with Gasteiger partial charge in [0.05, 0.1) is 0 Å². The quantitative estimate of drug-likeness (QED) is 0.210. The van der Waals surface area contributed by atoms with Crippen molar-refractivity contribution in [3.05, 3.63) is 149 Å². The van der Waals surface area contributed by atoms with E-state index < -0.39 is 0 Å². The van der Waals surface area contributed by atoms with Crippen molar-refractivity contribution in [2.45, 2.75) is 52.4 Å². The van der Waals surface area contributed by atoms with E-state index in [-0.39, 0.29) is 10.8 Å². The zero-order valence-electron chi connectivity index (χ0n) is 25.9. The Balaban J connectivity index is 1.36. The van der Waals surface area contributed by atoms with Crippen LogP contribution in [0.1, 0.15) is 61.1 Å². The lowest BCUT2D eigenvalue weighted by atomic mass is 9.82. The number of anilines is 3. The maximum atomic E-state index is 2.48. The number of aryl methyl sites for hydroxylation is 2. The number of nitrogens with zero attached hydrogens (tertiary/aromatic N) is 1. The molecule has 0 saturated heterocycles. The van der Waals surface area contributed by atoms with Crippen molar-refractivity contribution in [3.8, 4) is 22.3 Å². The highest BCUT2D eigenvalue weighted by atomic mass is 15.1. The van der Waals surface area contributed by atoms with Crippen LogP contribution in [0.3, 0.4) is 0 Å². The molecule has 0 atom stereocenters. The smallest absolute Gasteiger partial charge is 0.0470 e. The largest absolute Gasteiger partial charge is 0.310 e. The first-order chi connectivity index (χ1) is 20.6. The van der Waals surface area contributed by atoms with Gasteiger partial charge in [-0.25, -0.2) is 0 Å². The predicted octanol–water partition coefficient (Wildman–Crippen LogP) is 11.5. The molecule has 0 aliphatic heterocycles. The fraction of sp³-hybridized carbons (Fsp3) is 0.190. The van der Waals surface area contributed by atoms with Gasteiger partial charge < -0.3 is 4.90 Å². The minimum Gasteiger partial charge on any atom is -0.310 e. The third-order valence-corrected chi connectivity index (χ3v) is 10.2. The van der Waals surface area contributed by atoms with Crippen LogP contribution in [0.15, 0.2) is 115 Å². The molecule has 2 aliphatic carbocycles. The minimum atomic E-state index is -0.0639. The molecule has 8 rings (SSSR count). The van der Waals surface area contributed by atoms with E-state index in [9.17, 15) is 0 Å². The molecule has 0 fully saturated rings. The van der Waals surface area contributed by atoms with Gasteiger partial charge in [-0.3, -0.25) is 0 Å². The molecule has 0 unspecified atom stereocenters. The van der Waals surface area contributed by atoms with Crippen molar-refractivity contribution >= 4 is 27.8 Å². The van der Waals surface area contributed by atoms with Gasteiger partial charge in [-0.1, -0.05) is 112 Å². The molecule has 0 aromatic heterocycles. The van der Waals surface area contributed by atoms with Gasteiger partial charge in [0.2, 0.25) is 0 Å². The number of benzene rings is 6. The Morgan fingerprint density at radius 2 is 0.953 bits per heavy atom. The fourth-order valence-electron chi connectivity index (χ4n) is 7.90. The van der Waals surface area contributed by atoms with Crippen molar-refractivity contribution in [3.63, 3.8) is 0 Å². The fourth-order valence-corrected chi connectivity index (χ4v) is 7.90. The van der Waals surface area contributed by atoms with E-state index in [1.165, 1.54) is 83.5 Å². The van der Waals surface area contributed by atoms with Gasteiger partial charge in [0, 0.05) is 27.9 Å². The highest BCUT2D eigenvalue weighted by Gasteiger charge is 2.37. The van der Waals surface area contributed by atoms with Crippen molar-refractivity contribution in [1.82, 2.24) is 0 Å². The highest BCUT2D eigenvalue weighted by Crippen LogP contribution is 2.53. The summed E-state index contributed by atoms with van der Waals surface area (Å²) in [5, 5.41) is 2.59. The first-order valence-electron chi connectivity index (χ1n) is 15.4. The zero-order chi connectivity index (χ0) is 29.7. The van der Waals surface area contributed by atoms with E-state index in [0.717, 1.165) is 0 Å². The number of rotatable bonds is 3. The highest BCUT2D eigenvalue weighted by molar-refractivity contribution is 5.94. The van der Waals surface area contributed by atoms with E-state index in [1.54, 1.807) is 0 Å². The lowest BCUT2D eigenvalue weighted by Crippen LogP contribution is -2.18. The second-order valence-electron chi connectivity index (χ2n) is 13.6. The summed E-state index contributed by atoms with van der Waals surface area (Å²) in [5.41, 5.74) is 17.0. The Morgan fingerprint density at radius 1 is 0.442 bits per heavy atom. The summed E-state index contributed by atoms with van der Waals surface area (Å²) < 4.78 is 0. The molecule has 0 amide bonds. The van der Waals surface area contributed by atoms with Gasteiger partial charge in [0.1, 0.15) is 0 Å². The van der Waals surface area contributed by atoms with Crippen LogP contribution in [0, 0.1) is 13.8 Å². The van der Waals surface area contributed by atoms with E-state index in [0.29, 0.717) is 0 Å². The summed E-state index contributed by atoms with van der Waals surface area (Å²) in [6.07, 6.45) is 0. The van der Waals surface area contributed by atoms with Crippen LogP contribution in [0.4, 0.5) is 17.1 Å².